The number of hydrogen-bond donors (Lipinski definition) is 2. The molecule has 0 aliphatic heterocycles. The first-order valence-electron chi connectivity index (χ1n) is 5.08. The number of rotatable bonds is 4. The predicted molar refractivity (Wildman–Crippen MR) is 79.4 cm³/mol. The number of hydrogen-bond acceptors (Lipinski definition) is 4. The lowest BCUT2D eigenvalue weighted by molar-refractivity contribution is 0.636. The summed E-state index contributed by atoms with van der Waals surface area (Å²) < 4.78 is 1.10. The summed E-state index contributed by atoms with van der Waals surface area (Å²) in [5.41, 5.74) is 5.22. The molecule has 0 amide bonds. The standard InChI is InChI=1S/C12H13BrN2S2/c1-16-9-4-2-8(3-5-9)12(15-14)10-6-17-7-11(10)13/h2-7,12,15H,14H2,1H3. The van der Waals surface area contributed by atoms with Gasteiger partial charge in [0.05, 0.1) is 6.04 Å². The van der Waals surface area contributed by atoms with E-state index < -0.39 is 0 Å². The molecule has 3 N–H and O–H groups in total. The first-order chi connectivity index (χ1) is 8.26. The number of hydrazine groups is 1. The van der Waals surface area contributed by atoms with Crippen molar-refractivity contribution in [1.82, 2.24) is 5.43 Å². The lowest BCUT2D eigenvalue weighted by atomic mass is 10.0. The summed E-state index contributed by atoms with van der Waals surface area (Å²) in [5.74, 6) is 5.66. The average Bonchev–Trinajstić information content (AvgIpc) is 2.78. The van der Waals surface area contributed by atoms with E-state index in [1.165, 1.54) is 16.0 Å². The monoisotopic (exact) mass is 328 g/mol. The van der Waals surface area contributed by atoms with Crippen LogP contribution in [0.25, 0.3) is 0 Å². The molecule has 90 valence electrons. The van der Waals surface area contributed by atoms with Crippen LogP contribution in [0.1, 0.15) is 17.2 Å². The summed E-state index contributed by atoms with van der Waals surface area (Å²) in [6.45, 7) is 0. The van der Waals surface area contributed by atoms with Crippen molar-refractivity contribution in [3.63, 3.8) is 0 Å². The maximum absolute atomic E-state index is 5.66. The molecule has 1 unspecified atom stereocenters. The molecular formula is C12H13BrN2S2. The Bertz CT molecular complexity index is 482. The molecule has 17 heavy (non-hydrogen) atoms. The van der Waals surface area contributed by atoms with Gasteiger partial charge in [0.1, 0.15) is 0 Å². The van der Waals surface area contributed by atoms with Gasteiger partial charge >= 0.3 is 0 Å². The molecule has 0 fully saturated rings. The van der Waals surface area contributed by atoms with Crippen LogP contribution in [-0.4, -0.2) is 6.26 Å². The number of nitrogens with two attached hydrogens (primary N) is 1. The van der Waals surface area contributed by atoms with E-state index in [2.05, 4.69) is 62.6 Å². The Morgan fingerprint density at radius 2 is 2.00 bits per heavy atom. The minimum absolute atomic E-state index is 0.0338. The fourth-order valence-corrected chi connectivity index (χ4v) is 3.62. The normalized spacial score (nSPS) is 12.6. The quantitative estimate of drug-likeness (QED) is 0.509. The zero-order chi connectivity index (χ0) is 12.3. The van der Waals surface area contributed by atoms with Gasteiger partial charge in [-0.15, -0.1) is 11.8 Å². The lowest BCUT2D eigenvalue weighted by Crippen LogP contribution is -2.28. The highest BCUT2D eigenvalue weighted by Gasteiger charge is 2.15. The van der Waals surface area contributed by atoms with Crippen molar-refractivity contribution >= 4 is 39.0 Å². The molecule has 1 atom stereocenters. The number of halogens is 1. The van der Waals surface area contributed by atoms with Crippen molar-refractivity contribution in [3.8, 4) is 0 Å². The van der Waals surface area contributed by atoms with Crippen molar-refractivity contribution in [1.29, 1.82) is 0 Å². The van der Waals surface area contributed by atoms with Gasteiger partial charge in [0.25, 0.3) is 0 Å². The topological polar surface area (TPSA) is 38.0 Å². The fourth-order valence-electron chi connectivity index (χ4n) is 1.66. The third-order valence-corrected chi connectivity index (χ3v) is 5.06. The molecule has 0 aliphatic carbocycles. The van der Waals surface area contributed by atoms with Gasteiger partial charge in [-0.1, -0.05) is 12.1 Å². The van der Waals surface area contributed by atoms with Gasteiger partial charge in [0.15, 0.2) is 0 Å². The second kappa shape index (κ2) is 6.02. The van der Waals surface area contributed by atoms with Crippen LogP contribution >= 0.6 is 39.0 Å². The summed E-state index contributed by atoms with van der Waals surface area (Å²) in [5, 5.41) is 4.17. The van der Waals surface area contributed by atoms with Gasteiger partial charge in [-0.25, -0.2) is 5.43 Å². The Kier molecular flexibility index (Phi) is 4.64. The highest BCUT2D eigenvalue weighted by Crippen LogP contribution is 2.31. The first kappa shape index (κ1) is 13.1. The number of thioether (sulfide) groups is 1. The van der Waals surface area contributed by atoms with E-state index in [-0.39, 0.29) is 6.04 Å². The predicted octanol–water partition coefficient (Wildman–Crippen LogP) is 3.79. The average molecular weight is 329 g/mol. The molecule has 5 heteroatoms. The summed E-state index contributed by atoms with van der Waals surface area (Å²) in [6, 6.07) is 8.49. The zero-order valence-corrected chi connectivity index (χ0v) is 12.5. The van der Waals surface area contributed by atoms with Crippen LogP contribution in [-0.2, 0) is 0 Å². The second-order valence-corrected chi connectivity index (χ2v) is 6.03. The molecule has 0 bridgehead atoms. The second-order valence-electron chi connectivity index (χ2n) is 3.55. The number of thiophene rings is 1. The maximum Gasteiger partial charge on any atom is 0.0729 e. The Labute approximate surface area is 118 Å². The van der Waals surface area contributed by atoms with Crippen LogP contribution in [0, 0.1) is 0 Å². The van der Waals surface area contributed by atoms with Gasteiger partial charge in [-0.2, -0.15) is 11.3 Å². The van der Waals surface area contributed by atoms with Crippen molar-refractivity contribution in [3.05, 3.63) is 50.6 Å². The third-order valence-electron chi connectivity index (χ3n) is 2.57. The van der Waals surface area contributed by atoms with Crippen LogP contribution in [0.4, 0.5) is 0 Å². The van der Waals surface area contributed by atoms with E-state index in [1.54, 1.807) is 23.1 Å². The Morgan fingerprint density at radius 3 is 2.47 bits per heavy atom. The Morgan fingerprint density at radius 1 is 1.29 bits per heavy atom. The van der Waals surface area contributed by atoms with Crippen LogP contribution in [0.5, 0.6) is 0 Å². The van der Waals surface area contributed by atoms with Crippen molar-refractivity contribution in [2.24, 2.45) is 5.84 Å². The summed E-state index contributed by atoms with van der Waals surface area (Å²) in [7, 11) is 0. The molecular weight excluding hydrogens is 316 g/mol. The van der Waals surface area contributed by atoms with Gasteiger partial charge in [-0.3, -0.25) is 5.84 Å². The lowest BCUT2D eigenvalue weighted by Gasteiger charge is -2.16. The fraction of sp³-hybridized carbons (Fsp3) is 0.167. The highest BCUT2D eigenvalue weighted by molar-refractivity contribution is 9.10. The minimum Gasteiger partial charge on any atom is -0.271 e. The van der Waals surface area contributed by atoms with Crippen molar-refractivity contribution < 1.29 is 0 Å². The van der Waals surface area contributed by atoms with E-state index in [4.69, 9.17) is 5.84 Å². The zero-order valence-electron chi connectivity index (χ0n) is 9.31. The molecule has 1 aromatic heterocycles. The smallest absolute Gasteiger partial charge is 0.0729 e. The molecule has 0 spiro atoms. The molecule has 2 nitrogen and oxygen atoms in total. The van der Waals surface area contributed by atoms with Crippen molar-refractivity contribution in [2.45, 2.75) is 10.9 Å². The van der Waals surface area contributed by atoms with E-state index in [0.717, 1.165) is 4.47 Å². The third kappa shape index (κ3) is 2.92. The summed E-state index contributed by atoms with van der Waals surface area (Å²) in [4.78, 5) is 1.26. The molecule has 2 rings (SSSR count). The van der Waals surface area contributed by atoms with Gasteiger partial charge in [0, 0.05) is 14.7 Å². The van der Waals surface area contributed by atoms with E-state index in [9.17, 15) is 0 Å². The van der Waals surface area contributed by atoms with Crippen LogP contribution in [0.2, 0.25) is 0 Å². The number of benzene rings is 1. The molecule has 2 aromatic rings. The van der Waals surface area contributed by atoms with Gasteiger partial charge < -0.3 is 0 Å². The van der Waals surface area contributed by atoms with Gasteiger partial charge in [0.2, 0.25) is 0 Å². The SMILES string of the molecule is CSc1ccc(C(NN)c2cscc2Br)cc1. The largest absolute Gasteiger partial charge is 0.271 e. The molecule has 0 saturated heterocycles. The molecule has 0 aliphatic rings. The number of nitrogens with one attached hydrogen (secondary N) is 1. The summed E-state index contributed by atoms with van der Waals surface area (Å²) in [6.07, 6.45) is 2.07. The van der Waals surface area contributed by atoms with Crippen LogP contribution < -0.4 is 11.3 Å². The van der Waals surface area contributed by atoms with E-state index in [1.807, 2.05) is 0 Å². The summed E-state index contributed by atoms with van der Waals surface area (Å²) >= 11 is 6.95. The van der Waals surface area contributed by atoms with Crippen molar-refractivity contribution in [2.75, 3.05) is 6.26 Å². The van der Waals surface area contributed by atoms with Crippen LogP contribution in [0.15, 0.2) is 44.4 Å². The molecule has 1 heterocycles. The molecule has 0 saturated carbocycles. The molecule has 1 aromatic carbocycles. The first-order valence-corrected chi connectivity index (χ1v) is 8.04. The highest BCUT2D eigenvalue weighted by atomic mass is 79.9. The van der Waals surface area contributed by atoms with Gasteiger partial charge in [-0.05, 0) is 50.8 Å². The Balaban J connectivity index is 2.32. The van der Waals surface area contributed by atoms with E-state index >= 15 is 0 Å². The van der Waals surface area contributed by atoms with Crippen LogP contribution in [0.3, 0.4) is 0 Å². The minimum atomic E-state index is 0.0338. The maximum atomic E-state index is 5.66. The van der Waals surface area contributed by atoms with E-state index in [0.29, 0.717) is 0 Å². The Hall–Kier alpha value is -0.330. The molecule has 0 radical (unpaired) electrons.